The summed E-state index contributed by atoms with van der Waals surface area (Å²) in [5.41, 5.74) is 2.53. The minimum Gasteiger partial charge on any atom is -0.355 e. The number of nitrogens with one attached hydrogen (secondary N) is 1. The van der Waals surface area contributed by atoms with Gasteiger partial charge in [0.2, 0.25) is 5.91 Å². The topological polar surface area (TPSA) is 29.1 Å². The zero-order valence-corrected chi connectivity index (χ0v) is 11.3. The Morgan fingerprint density at radius 3 is 2.67 bits per heavy atom. The first-order valence-electron chi connectivity index (χ1n) is 6.08. The van der Waals surface area contributed by atoms with E-state index in [9.17, 15) is 4.79 Å². The fourth-order valence-electron chi connectivity index (χ4n) is 1.73. The van der Waals surface area contributed by atoms with Gasteiger partial charge in [0.05, 0.1) is 6.42 Å². The van der Waals surface area contributed by atoms with Gasteiger partial charge in [0.25, 0.3) is 0 Å². The molecule has 0 bridgehead atoms. The average Bonchev–Trinajstić information content (AvgIpc) is 2.84. The van der Waals surface area contributed by atoms with Gasteiger partial charge >= 0.3 is 0 Å². The van der Waals surface area contributed by atoms with Gasteiger partial charge in [-0.05, 0) is 30.4 Å². The predicted molar refractivity (Wildman–Crippen MR) is 75.9 cm³/mol. The quantitative estimate of drug-likeness (QED) is 0.879. The van der Waals surface area contributed by atoms with Crippen molar-refractivity contribution in [2.45, 2.75) is 19.8 Å². The third kappa shape index (κ3) is 4.00. The molecule has 0 saturated heterocycles. The first kappa shape index (κ1) is 12.8. The molecule has 0 aliphatic heterocycles. The Bertz CT molecular complexity index is 488. The SMILES string of the molecule is Cc1ccc(CCNC(=O)Cc2cccs2)cc1. The van der Waals surface area contributed by atoms with Crippen LogP contribution in [0.4, 0.5) is 0 Å². The lowest BCUT2D eigenvalue weighted by atomic mass is 10.1. The van der Waals surface area contributed by atoms with Crippen molar-refractivity contribution in [3.05, 3.63) is 57.8 Å². The number of amides is 1. The lowest BCUT2D eigenvalue weighted by Crippen LogP contribution is -2.26. The normalized spacial score (nSPS) is 10.3. The smallest absolute Gasteiger partial charge is 0.225 e. The molecule has 0 spiro atoms. The van der Waals surface area contributed by atoms with Crippen LogP contribution in [-0.4, -0.2) is 12.5 Å². The van der Waals surface area contributed by atoms with Gasteiger partial charge in [-0.1, -0.05) is 35.9 Å². The second-order valence-electron chi connectivity index (χ2n) is 4.34. The number of thiophene rings is 1. The van der Waals surface area contributed by atoms with Gasteiger partial charge in [-0.2, -0.15) is 0 Å². The first-order chi connectivity index (χ1) is 8.74. The monoisotopic (exact) mass is 259 g/mol. The van der Waals surface area contributed by atoms with Crippen molar-refractivity contribution in [1.29, 1.82) is 0 Å². The summed E-state index contributed by atoms with van der Waals surface area (Å²) >= 11 is 1.62. The van der Waals surface area contributed by atoms with Crippen molar-refractivity contribution >= 4 is 17.2 Å². The molecule has 0 unspecified atom stereocenters. The molecule has 1 aromatic carbocycles. The maximum Gasteiger partial charge on any atom is 0.225 e. The number of hydrogen-bond acceptors (Lipinski definition) is 2. The number of benzene rings is 1. The van der Waals surface area contributed by atoms with Gasteiger partial charge in [0.15, 0.2) is 0 Å². The van der Waals surface area contributed by atoms with Crippen LogP contribution in [0.25, 0.3) is 0 Å². The summed E-state index contributed by atoms with van der Waals surface area (Å²) in [5, 5.41) is 4.95. The Morgan fingerprint density at radius 2 is 2.00 bits per heavy atom. The van der Waals surface area contributed by atoms with Crippen molar-refractivity contribution in [3.63, 3.8) is 0 Å². The van der Waals surface area contributed by atoms with Crippen LogP contribution in [-0.2, 0) is 17.6 Å². The van der Waals surface area contributed by atoms with Crippen LogP contribution in [0.2, 0.25) is 0 Å². The highest BCUT2D eigenvalue weighted by Crippen LogP contribution is 2.08. The first-order valence-corrected chi connectivity index (χ1v) is 6.96. The third-order valence-corrected chi connectivity index (χ3v) is 3.65. The number of hydrogen-bond donors (Lipinski definition) is 1. The third-order valence-electron chi connectivity index (χ3n) is 2.77. The molecule has 0 atom stereocenters. The van der Waals surface area contributed by atoms with Crippen molar-refractivity contribution in [2.24, 2.45) is 0 Å². The molecule has 2 aromatic rings. The van der Waals surface area contributed by atoms with Crippen LogP contribution >= 0.6 is 11.3 Å². The summed E-state index contributed by atoms with van der Waals surface area (Å²) in [7, 11) is 0. The molecular formula is C15H17NOS. The molecule has 1 N–H and O–H groups in total. The van der Waals surface area contributed by atoms with E-state index in [-0.39, 0.29) is 5.91 Å². The van der Waals surface area contributed by atoms with Gasteiger partial charge in [0.1, 0.15) is 0 Å². The summed E-state index contributed by atoms with van der Waals surface area (Å²) in [4.78, 5) is 12.8. The molecular weight excluding hydrogens is 242 g/mol. The molecule has 0 radical (unpaired) electrons. The van der Waals surface area contributed by atoms with E-state index in [1.54, 1.807) is 11.3 Å². The average molecular weight is 259 g/mol. The maximum atomic E-state index is 11.7. The number of rotatable bonds is 5. The lowest BCUT2D eigenvalue weighted by Gasteiger charge is -2.05. The van der Waals surface area contributed by atoms with Crippen LogP contribution in [0.1, 0.15) is 16.0 Å². The molecule has 2 rings (SSSR count). The number of carbonyl (C=O) groups excluding carboxylic acids is 1. The molecule has 1 aromatic heterocycles. The molecule has 2 nitrogen and oxygen atoms in total. The predicted octanol–water partition coefficient (Wildman–Crippen LogP) is 2.96. The van der Waals surface area contributed by atoms with Gasteiger partial charge in [0, 0.05) is 11.4 Å². The lowest BCUT2D eigenvalue weighted by molar-refractivity contribution is -0.120. The van der Waals surface area contributed by atoms with E-state index in [1.165, 1.54) is 11.1 Å². The summed E-state index contributed by atoms with van der Waals surface area (Å²) in [6.07, 6.45) is 1.38. The zero-order valence-electron chi connectivity index (χ0n) is 10.5. The van der Waals surface area contributed by atoms with Crippen molar-refractivity contribution < 1.29 is 4.79 Å². The van der Waals surface area contributed by atoms with E-state index in [4.69, 9.17) is 0 Å². The van der Waals surface area contributed by atoms with Gasteiger partial charge in [-0.25, -0.2) is 0 Å². The Balaban J connectivity index is 1.72. The van der Waals surface area contributed by atoms with Gasteiger partial charge in [-0.15, -0.1) is 11.3 Å². The van der Waals surface area contributed by atoms with Crippen LogP contribution in [0, 0.1) is 6.92 Å². The molecule has 1 amide bonds. The van der Waals surface area contributed by atoms with Gasteiger partial charge < -0.3 is 5.32 Å². The number of carbonyl (C=O) groups is 1. The van der Waals surface area contributed by atoms with E-state index in [0.29, 0.717) is 13.0 Å². The van der Waals surface area contributed by atoms with E-state index in [1.807, 2.05) is 17.5 Å². The minimum absolute atomic E-state index is 0.101. The highest BCUT2D eigenvalue weighted by atomic mass is 32.1. The molecule has 18 heavy (non-hydrogen) atoms. The minimum atomic E-state index is 0.101. The fourth-order valence-corrected chi connectivity index (χ4v) is 2.44. The molecule has 0 saturated carbocycles. The Labute approximate surface area is 112 Å². The molecule has 0 aliphatic rings. The van der Waals surface area contributed by atoms with E-state index < -0.39 is 0 Å². The summed E-state index contributed by atoms with van der Waals surface area (Å²) in [5.74, 6) is 0.101. The van der Waals surface area contributed by atoms with Crippen LogP contribution in [0.3, 0.4) is 0 Å². The van der Waals surface area contributed by atoms with Crippen molar-refractivity contribution in [3.8, 4) is 0 Å². The van der Waals surface area contributed by atoms with E-state index in [2.05, 4.69) is 36.5 Å². The fraction of sp³-hybridized carbons (Fsp3) is 0.267. The molecule has 0 fully saturated rings. The molecule has 94 valence electrons. The standard InChI is InChI=1S/C15H17NOS/c1-12-4-6-13(7-5-12)8-9-16-15(17)11-14-3-2-10-18-14/h2-7,10H,8-9,11H2,1H3,(H,16,17). The molecule has 0 aliphatic carbocycles. The summed E-state index contributed by atoms with van der Waals surface area (Å²) in [6, 6.07) is 12.4. The largest absolute Gasteiger partial charge is 0.355 e. The number of aryl methyl sites for hydroxylation is 1. The summed E-state index contributed by atoms with van der Waals surface area (Å²) in [6.45, 7) is 2.78. The van der Waals surface area contributed by atoms with Crippen LogP contribution in [0.5, 0.6) is 0 Å². The highest BCUT2D eigenvalue weighted by molar-refractivity contribution is 7.10. The Morgan fingerprint density at radius 1 is 1.22 bits per heavy atom. The Hall–Kier alpha value is -1.61. The van der Waals surface area contributed by atoms with Crippen LogP contribution < -0.4 is 5.32 Å². The zero-order chi connectivity index (χ0) is 12.8. The molecule has 1 heterocycles. The highest BCUT2D eigenvalue weighted by Gasteiger charge is 2.03. The Kier molecular flexibility index (Phi) is 4.53. The maximum absolute atomic E-state index is 11.7. The van der Waals surface area contributed by atoms with Crippen LogP contribution in [0.15, 0.2) is 41.8 Å². The van der Waals surface area contributed by atoms with Crippen molar-refractivity contribution in [2.75, 3.05) is 6.54 Å². The second-order valence-corrected chi connectivity index (χ2v) is 5.37. The molecule has 3 heteroatoms. The summed E-state index contributed by atoms with van der Waals surface area (Å²) < 4.78 is 0. The second kappa shape index (κ2) is 6.36. The van der Waals surface area contributed by atoms with E-state index >= 15 is 0 Å². The van der Waals surface area contributed by atoms with Gasteiger partial charge in [-0.3, -0.25) is 4.79 Å². The van der Waals surface area contributed by atoms with E-state index in [0.717, 1.165) is 11.3 Å². The van der Waals surface area contributed by atoms with Crippen molar-refractivity contribution in [1.82, 2.24) is 5.32 Å².